The van der Waals surface area contributed by atoms with Gasteiger partial charge in [0.1, 0.15) is 11.2 Å². The lowest BCUT2D eigenvalue weighted by Crippen LogP contribution is -2.09. The number of benzene rings is 9. The first-order valence-corrected chi connectivity index (χ1v) is 17.8. The summed E-state index contributed by atoms with van der Waals surface area (Å²) in [6.45, 7) is 0. The highest BCUT2D eigenvalue weighted by molar-refractivity contribution is 6.22. The van der Waals surface area contributed by atoms with E-state index in [0.717, 1.165) is 39.3 Å². The predicted octanol–water partition coefficient (Wildman–Crippen LogP) is 14.9. The lowest BCUT2D eigenvalue weighted by atomic mass is 9.93. The quantitative estimate of drug-likeness (QED) is 0.165. The molecule has 0 fully saturated rings. The molecule has 54 heavy (non-hydrogen) atoms. The first-order chi connectivity index (χ1) is 30.1. The van der Waals surface area contributed by atoms with Crippen LogP contribution in [0.2, 0.25) is 0 Å². The van der Waals surface area contributed by atoms with E-state index < -0.39 is 12.1 Å². The molecule has 2 nitrogen and oxygen atoms in total. The molecule has 1 heterocycles. The smallest absolute Gasteiger partial charge is 0.143 e. The number of furan rings is 1. The van der Waals surface area contributed by atoms with Crippen LogP contribution in [0.5, 0.6) is 0 Å². The van der Waals surface area contributed by atoms with E-state index in [0.29, 0.717) is 16.7 Å². The molecule has 0 N–H and O–H groups in total. The van der Waals surface area contributed by atoms with E-state index in [2.05, 4.69) is 77.7 Å². The molecule has 254 valence electrons. The molecule has 10 aromatic rings. The van der Waals surface area contributed by atoms with Crippen LogP contribution in [-0.4, -0.2) is 0 Å². The van der Waals surface area contributed by atoms with Crippen molar-refractivity contribution in [3.8, 4) is 44.5 Å². The van der Waals surface area contributed by atoms with Gasteiger partial charge in [0, 0.05) is 33.2 Å². The monoisotopic (exact) mass is 697 g/mol. The molecule has 0 unspecified atom stereocenters. The van der Waals surface area contributed by atoms with Crippen LogP contribution < -0.4 is 4.90 Å². The maximum atomic E-state index is 9.90. The van der Waals surface area contributed by atoms with Crippen LogP contribution >= 0.6 is 0 Å². The molecule has 0 radical (unpaired) electrons. The molecule has 0 aliphatic carbocycles. The molecule has 9 aromatic carbocycles. The molecule has 2 heteroatoms. The minimum atomic E-state index is -0.466. The van der Waals surface area contributed by atoms with E-state index in [4.69, 9.17) is 12.6 Å². The van der Waals surface area contributed by atoms with Crippen LogP contribution in [0.15, 0.2) is 217 Å². The summed E-state index contributed by atoms with van der Waals surface area (Å²) >= 11 is 0. The fraction of sp³-hybridized carbons (Fsp3) is 0. The summed E-state index contributed by atoms with van der Waals surface area (Å²) in [5.74, 6) is 0. The highest BCUT2D eigenvalue weighted by Crippen LogP contribution is 2.44. The first kappa shape index (κ1) is 24.2. The van der Waals surface area contributed by atoms with Crippen LogP contribution in [0.3, 0.4) is 0 Å². The van der Waals surface area contributed by atoms with Crippen molar-refractivity contribution >= 4 is 49.8 Å². The highest BCUT2D eigenvalue weighted by atomic mass is 16.3. The molecule has 0 aliphatic rings. The van der Waals surface area contributed by atoms with Crippen LogP contribution in [0.4, 0.5) is 17.1 Å². The summed E-state index contributed by atoms with van der Waals surface area (Å²) in [7, 11) is 0. The minimum absolute atomic E-state index is 0.00660. The van der Waals surface area contributed by atoms with Crippen molar-refractivity contribution < 1.29 is 15.4 Å². The Morgan fingerprint density at radius 1 is 0.370 bits per heavy atom. The van der Waals surface area contributed by atoms with Gasteiger partial charge in [-0.15, -0.1) is 0 Å². The van der Waals surface area contributed by atoms with Gasteiger partial charge in [0.15, 0.2) is 0 Å². The molecule has 10 rings (SSSR count). The second kappa shape index (κ2) is 13.4. The van der Waals surface area contributed by atoms with Gasteiger partial charge < -0.3 is 9.32 Å². The molecule has 0 saturated heterocycles. The fourth-order valence-electron chi connectivity index (χ4n) is 7.25. The molecule has 1 aromatic heterocycles. The van der Waals surface area contributed by atoms with E-state index in [1.807, 2.05) is 66.7 Å². The zero-order valence-corrected chi connectivity index (χ0v) is 28.9. The average molecular weight is 698 g/mol. The second-order valence-electron chi connectivity index (χ2n) is 13.1. The van der Waals surface area contributed by atoms with Crippen molar-refractivity contribution in [3.05, 3.63) is 212 Å². The summed E-state index contributed by atoms with van der Waals surface area (Å²) < 4.78 is 78.6. The maximum Gasteiger partial charge on any atom is 0.143 e. The third-order valence-electron chi connectivity index (χ3n) is 9.88. The van der Waals surface area contributed by atoms with Crippen LogP contribution in [0, 0.1) is 0 Å². The molecule has 0 spiro atoms. The lowest BCUT2D eigenvalue weighted by molar-refractivity contribution is 0.673. The Labute approximate surface area is 326 Å². The summed E-state index contributed by atoms with van der Waals surface area (Å²) in [6, 6.07) is 51.1. The Morgan fingerprint density at radius 3 is 1.35 bits per heavy atom. The third-order valence-corrected chi connectivity index (χ3v) is 9.88. The SMILES string of the molecule is [2H]c1c([2H])c(-c2ccccc2)c2c(oc3c4c([2H])c([2H])c([2H])c([2H])c4c(-c4ccc(N(c5ccc(-c6ccccc6)cc5)c5ccc(-c6ccccc6)cc5)cc4)c([2H])c32)c1[2H]. The van der Waals surface area contributed by atoms with Crippen molar-refractivity contribution in [1.82, 2.24) is 0 Å². The topological polar surface area (TPSA) is 16.4 Å². The van der Waals surface area contributed by atoms with Gasteiger partial charge in [0.25, 0.3) is 0 Å². The fourth-order valence-corrected chi connectivity index (χ4v) is 7.25. The zero-order chi connectivity index (χ0) is 42.8. The van der Waals surface area contributed by atoms with Gasteiger partial charge in [0.2, 0.25) is 0 Å². The number of fused-ring (bicyclic) bond motifs is 5. The maximum absolute atomic E-state index is 9.90. The van der Waals surface area contributed by atoms with Crippen molar-refractivity contribution in [2.75, 3.05) is 4.90 Å². The molecule has 0 atom stereocenters. The van der Waals surface area contributed by atoms with Gasteiger partial charge in [-0.05, 0) is 98.4 Å². The Kier molecular flexibility index (Phi) is 6.01. The predicted molar refractivity (Wildman–Crippen MR) is 228 cm³/mol. The van der Waals surface area contributed by atoms with Crippen LogP contribution in [0.1, 0.15) is 11.0 Å². The summed E-state index contributed by atoms with van der Waals surface area (Å²) in [4.78, 5) is 2.14. The summed E-state index contributed by atoms with van der Waals surface area (Å²) in [6.07, 6.45) is 0. The summed E-state index contributed by atoms with van der Waals surface area (Å²) in [5, 5.41) is 0.650. The Morgan fingerprint density at radius 2 is 0.815 bits per heavy atom. The minimum Gasteiger partial charge on any atom is -0.455 e. The number of rotatable bonds is 7. The van der Waals surface area contributed by atoms with Crippen molar-refractivity contribution in [3.63, 3.8) is 0 Å². The Hall–Kier alpha value is -7.16. The van der Waals surface area contributed by atoms with Gasteiger partial charge in [-0.25, -0.2) is 0 Å². The van der Waals surface area contributed by atoms with Gasteiger partial charge in [0.05, 0.1) is 11.0 Å². The average Bonchev–Trinajstić information content (AvgIpc) is 3.72. The van der Waals surface area contributed by atoms with E-state index in [-0.39, 0.29) is 74.5 Å². The van der Waals surface area contributed by atoms with Crippen LogP contribution in [-0.2, 0) is 0 Å². The van der Waals surface area contributed by atoms with Gasteiger partial charge in [-0.1, -0.05) is 164 Å². The van der Waals surface area contributed by atoms with Gasteiger partial charge in [-0.3, -0.25) is 0 Å². The van der Waals surface area contributed by atoms with Crippen LogP contribution in [0.25, 0.3) is 77.2 Å². The second-order valence-corrected chi connectivity index (χ2v) is 13.1. The number of nitrogens with zero attached hydrogens (tertiary/aromatic N) is 1. The number of hydrogen-bond acceptors (Lipinski definition) is 2. The molecule has 0 amide bonds. The van der Waals surface area contributed by atoms with E-state index in [9.17, 15) is 2.74 Å². The van der Waals surface area contributed by atoms with Gasteiger partial charge >= 0.3 is 0 Å². The molecule has 0 aliphatic heterocycles. The third kappa shape index (κ3) is 5.62. The molecular weight excluding hydrogens is 655 g/mol. The molecule has 0 saturated carbocycles. The lowest BCUT2D eigenvalue weighted by Gasteiger charge is -2.26. The summed E-state index contributed by atoms with van der Waals surface area (Å²) in [5.41, 5.74) is 8.67. The van der Waals surface area contributed by atoms with E-state index in [1.54, 1.807) is 24.3 Å². The molecular formula is C52H35NO. The standard InChI is InChI=1S/C52H35NO/c1-4-13-36(14-5-1)38-23-29-42(30-24-38)53(43-31-25-39(26-32-43)37-15-6-2-7-16-37)44-33-27-41(28-34-44)48-35-49-51-45(40-17-8-3-9-18-40)21-12-22-50(51)54-52(49)47-20-11-10-19-46(47)48/h1-35H/i10D,11D,12D,19D,20D,21D,22D,35D. The Bertz CT molecular complexity index is 3250. The number of anilines is 3. The van der Waals surface area contributed by atoms with E-state index >= 15 is 0 Å². The van der Waals surface area contributed by atoms with Gasteiger partial charge in [-0.2, -0.15) is 0 Å². The Balaban J connectivity index is 1.19. The van der Waals surface area contributed by atoms with Crippen molar-refractivity contribution in [2.45, 2.75) is 0 Å². The van der Waals surface area contributed by atoms with Crippen molar-refractivity contribution in [1.29, 1.82) is 0 Å². The first-order valence-electron chi connectivity index (χ1n) is 21.8. The molecule has 0 bridgehead atoms. The zero-order valence-electron chi connectivity index (χ0n) is 36.9. The number of hydrogen-bond donors (Lipinski definition) is 0. The van der Waals surface area contributed by atoms with Crippen molar-refractivity contribution in [2.24, 2.45) is 0 Å². The highest BCUT2D eigenvalue weighted by Gasteiger charge is 2.19. The largest absolute Gasteiger partial charge is 0.455 e. The normalized spacial score (nSPS) is 13.4. The van der Waals surface area contributed by atoms with E-state index in [1.165, 1.54) is 0 Å².